The Morgan fingerprint density at radius 1 is 1.27 bits per heavy atom. The Kier molecular flexibility index (Phi) is 5.76. The third-order valence-electron chi connectivity index (χ3n) is 2.73. The first-order valence-corrected chi connectivity index (χ1v) is 7.93. The summed E-state index contributed by atoms with van der Waals surface area (Å²) in [7, 11) is 0. The van der Waals surface area contributed by atoms with E-state index in [1.165, 1.54) is 11.3 Å². The van der Waals surface area contributed by atoms with Crippen LogP contribution in [0.3, 0.4) is 0 Å². The lowest BCUT2D eigenvalue weighted by Gasteiger charge is -2.06. The second-order valence-electron chi connectivity index (χ2n) is 4.49. The zero-order valence-corrected chi connectivity index (χ0v) is 13.6. The van der Waals surface area contributed by atoms with Crippen LogP contribution in [0.1, 0.15) is 16.3 Å². The van der Waals surface area contributed by atoms with Crippen molar-refractivity contribution in [3.63, 3.8) is 0 Å². The summed E-state index contributed by atoms with van der Waals surface area (Å²) in [6.07, 6.45) is -0.0337. The van der Waals surface area contributed by atoms with Gasteiger partial charge in [0.25, 0.3) is 0 Å². The van der Waals surface area contributed by atoms with Gasteiger partial charge in [-0.3, -0.25) is 9.59 Å². The van der Waals surface area contributed by atoms with Crippen LogP contribution in [0, 0.1) is 0 Å². The van der Waals surface area contributed by atoms with E-state index in [2.05, 4.69) is 10.3 Å². The molecule has 22 heavy (non-hydrogen) atoms. The summed E-state index contributed by atoms with van der Waals surface area (Å²) in [5, 5.41) is 14.7. The van der Waals surface area contributed by atoms with Gasteiger partial charge < -0.3 is 10.4 Å². The molecule has 116 valence electrons. The molecule has 0 aliphatic rings. The van der Waals surface area contributed by atoms with Crippen LogP contribution in [0.5, 0.6) is 0 Å². The predicted molar refractivity (Wildman–Crippen MR) is 85.5 cm³/mol. The minimum absolute atomic E-state index is 0.107. The molecule has 1 heterocycles. The molecule has 0 aliphatic heterocycles. The normalized spacial score (nSPS) is 10.5. The van der Waals surface area contributed by atoms with Crippen LogP contribution < -0.4 is 5.32 Å². The van der Waals surface area contributed by atoms with Crippen molar-refractivity contribution in [3.05, 3.63) is 49.9 Å². The third-order valence-corrected chi connectivity index (χ3v) is 4.22. The molecule has 2 N–H and O–H groups in total. The van der Waals surface area contributed by atoms with Crippen LogP contribution in [0.15, 0.2) is 23.6 Å². The first-order valence-electron chi connectivity index (χ1n) is 6.29. The molecule has 0 bridgehead atoms. The molecule has 1 aromatic carbocycles. The van der Waals surface area contributed by atoms with Crippen LogP contribution in [-0.4, -0.2) is 22.0 Å². The number of aromatic nitrogens is 1. The van der Waals surface area contributed by atoms with Gasteiger partial charge in [0, 0.05) is 22.0 Å². The molecule has 1 aromatic heterocycles. The highest BCUT2D eigenvalue weighted by molar-refractivity contribution is 7.09. The third kappa shape index (κ3) is 4.98. The molecular weight excluding hydrogens is 347 g/mol. The highest BCUT2D eigenvalue weighted by atomic mass is 35.5. The summed E-state index contributed by atoms with van der Waals surface area (Å²) >= 11 is 13.1. The van der Waals surface area contributed by atoms with E-state index in [-0.39, 0.29) is 18.7 Å². The molecule has 0 fully saturated rings. The van der Waals surface area contributed by atoms with Gasteiger partial charge in [-0.05, 0) is 17.7 Å². The van der Waals surface area contributed by atoms with Crippen molar-refractivity contribution in [1.29, 1.82) is 0 Å². The fourth-order valence-corrected chi connectivity index (χ4v) is 2.99. The van der Waals surface area contributed by atoms with E-state index in [0.29, 0.717) is 27.3 Å². The number of carbonyl (C=O) groups is 2. The summed E-state index contributed by atoms with van der Waals surface area (Å²) in [5.74, 6) is -1.15. The second-order valence-corrected chi connectivity index (χ2v) is 6.28. The summed E-state index contributed by atoms with van der Waals surface area (Å²) < 4.78 is 0. The molecule has 5 nitrogen and oxygen atoms in total. The van der Waals surface area contributed by atoms with Gasteiger partial charge in [-0.25, -0.2) is 4.98 Å². The van der Waals surface area contributed by atoms with Crippen molar-refractivity contribution in [3.8, 4) is 0 Å². The lowest BCUT2D eigenvalue weighted by molar-refractivity contribution is -0.136. The summed E-state index contributed by atoms with van der Waals surface area (Å²) in [5.41, 5.74) is 1.23. The standard InChI is InChI=1S/C14H12Cl2N2O3S/c15-9-2-1-8(11(16)3-9)6-17-12(19)5-13-18-10(7-22-13)4-14(20)21/h1-3,7H,4-6H2,(H,17,19)(H,20,21). The Balaban J connectivity index is 1.87. The van der Waals surface area contributed by atoms with Crippen LogP contribution in [0.4, 0.5) is 0 Å². The maximum absolute atomic E-state index is 11.9. The van der Waals surface area contributed by atoms with Gasteiger partial charge >= 0.3 is 5.97 Å². The molecule has 0 atom stereocenters. The van der Waals surface area contributed by atoms with Crippen LogP contribution in [0.2, 0.25) is 10.0 Å². The van der Waals surface area contributed by atoms with E-state index in [4.69, 9.17) is 28.3 Å². The topological polar surface area (TPSA) is 79.3 Å². The van der Waals surface area contributed by atoms with Crippen LogP contribution in [-0.2, 0) is 29.0 Å². The number of nitrogens with zero attached hydrogens (tertiary/aromatic N) is 1. The Labute approximate surface area is 140 Å². The van der Waals surface area contributed by atoms with E-state index in [1.54, 1.807) is 23.6 Å². The first-order chi connectivity index (χ1) is 10.4. The summed E-state index contributed by atoms with van der Waals surface area (Å²) in [6, 6.07) is 5.07. The van der Waals surface area contributed by atoms with Gasteiger partial charge in [0.1, 0.15) is 5.01 Å². The number of hydrogen-bond donors (Lipinski definition) is 2. The maximum Gasteiger partial charge on any atom is 0.309 e. The number of amides is 1. The minimum atomic E-state index is -0.946. The Bertz CT molecular complexity index is 703. The maximum atomic E-state index is 11.9. The largest absolute Gasteiger partial charge is 0.481 e. The molecule has 0 radical (unpaired) electrons. The molecule has 2 aromatic rings. The number of hydrogen-bond acceptors (Lipinski definition) is 4. The number of carboxylic acid groups (broad SMARTS) is 1. The zero-order valence-electron chi connectivity index (χ0n) is 11.3. The molecule has 0 aliphatic carbocycles. The van der Waals surface area contributed by atoms with Gasteiger partial charge in [0.05, 0.1) is 18.5 Å². The Morgan fingerprint density at radius 3 is 2.73 bits per heavy atom. The predicted octanol–water partition coefficient (Wildman–Crippen LogP) is 2.94. The lowest BCUT2D eigenvalue weighted by Crippen LogP contribution is -2.24. The fourth-order valence-electron chi connectivity index (χ4n) is 1.72. The minimum Gasteiger partial charge on any atom is -0.481 e. The highest BCUT2D eigenvalue weighted by Crippen LogP contribution is 2.20. The number of nitrogens with one attached hydrogen (secondary N) is 1. The van der Waals surface area contributed by atoms with Crippen molar-refractivity contribution < 1.29 is 14.7 Å². The molecule has 0 spiro atoms. The van der Waals surface area contributed by atoms with E-state index in [1.807, 2.05) is 0 Å². The lowest BCUT2D eigenvalue weighted by atomic mass is 10.2. The molecule has 0 saturated carbocycles. The quantitative estimate of drug-likeness (QED) is 0.831. The number of rotatable bonds is 6. The van der Waals surface area contributed by atoms with Crippen molar-refractivity contribution in [1.82, 2.24) is 10.3 Å². The molecular formula is C14H12Cl2N2O3S. The SMILES string of the molecule is O=C(O)Cc1csc(CC(=O)NCc2ccc(Cl)cc2Cl)n1. The summed E-state index contributed by atoms with van der Waals surface area (Å²) in [6.45, 7) is 0.294. The van der Waals surface area contributed by atoms with Crippen molar-refractivity contribution in [2.75, 3.05) is 0 Å². The fraction of sp³-hybridized carbons (Fsp3) is 0.214. The number of aliphatic carboxylic acids is 1. The first kappa shape index (κ1) is 16.7. The Morgan fingerprint density at radius 2 is 2.05 bits per heavy atom. The summed E-state index contributed by atoms with van der Waals surface area (Å²) in [4.78, 5) is 26.6. The van der Waals surface area contributed by atoms with Crippen molar-refractivity contribution >= 4 is 46.4 Å². The highest BCUT2D eigenvalue weighted by Gasteiger charge is 2.10. The number of carboxylic acids is 1. The van der Waals surface area contributed by atoms with E-state index < -0.39 is 5.97 Å². The number of carbonyl (C=O) groups excluding carboxylic acids is 1. The molecule has 2 rings (SSSR count). The van der Waals surface area contributed by atoms with Gasteiger partial charge in [0.15, 0.2) is 0 Å². The van der Waals surface area contributed by atoms with Crippen molar-refractivity contribution in [2.45, 2.75) is 19.4 Å². The van der Waals surface area contributed by atoms with E-state index in [9.17, 15) is 9.59 Å². The Hall–Kier alpha value is -1.63. The smallest absolute Gasteiger partial charge is 0.309 e. The van der Waals surface area contributed by atoms with Gasteiger partial charge in [-0.15, -0.1) is 11.3 Å². The molecule has 1 amide bonds. The van der Waals surface area contributed by atoms with Crippen LogP contribution in [0.25, 0.3) is 0 Å². The average Bonchev–Trinajstić information content (AvgIpc) is 2.84. The monoisotopic (exact) mass is 358 g/mol. The number of benzene rings is 1. The van der Waals surface area contributed by atoms with E-state index >= 15 is 0 Å². The number of thiazole rings is 1. The molecule has 0 saturated heterocycles. The van der Waals surface area contributed by atoms with Gasteiger partial charge in [-0.1, -0.05) is 29.3 Å². The van der Waals surface area contributed by atoms with Crippen molar-refractivity contribution in [2.24, 2.45) is 0 Å². The van der Waals surface area contributed by atoms with Gasteiger partial charge in [-0.2, -0.15) is 0 Å². The van der Waals surface area contributed by atoms with Gasteiger partial charge in [0.2, 0.25) is 5.91 Å². The second kappa shape index (κ2) is 7.58. The molecule has 0 unspecified atom stereocenters. The van der Waals surface area contributed by atoms with Crippen LogP contribution >= 0.6 is 34.5 Å². The zero-order chi connectivity index (χ0) is 16.1. The average molecular weight is 359 g/mol. The van der Waals surface area contributed by atoms with E-state index in [0.717, 1.165) is 5.56 Å². The molecule has 8 heteroatoms. The number of halogens is 2.